The van der Waals surface area contributed by atoms with Crippen LogP contribution in [-0.4, -0.2) is 52.2 Å². The van der Waals surface area contributed by atoms with E-state index in [0.717, 1.165) is 12.3 Å². The number of sulfone groups is 1. The molecule has 0 unspecified atom stereocenters. The van der Waals surface area contributed by atoms with E-state index in [-0.39, 0.29) is 41.8 Å². The average molecular weight is 330 g/mol. The van der Waals surface area contributed by atoms with Crippen LogP contribution in [0.25, 0.3) is 0 Å². The van der Waals surface area contributed by atoms with E-state index < -0.39 is 14.8 Å². The predicted octanol–water partition coefficient (Wildman–Crippen LogP) is -0.254. The molecule has 0 radical (unpaired) electrons. The number of benzene rings is 1. The first-order chi connectivity index (χ1) is 10.3. The number of nitro benzene ring substituents is 1. The maximum Gasteiger partial charge on any atom is 0.293 e. The standard InChI is InChI=1S/C12H18N4O5S/c1-13-8-12(17)15-6-5-14-10-4-3-9(22(2,20)21)7-11(10)16(18)19/h3-4,7,13-14H,5-6,8H2,1-2H3,(H,15,17). The van der Waals surface area contributed by atoms with Crippen LogP contribution in [0.15, 0.2) is 23.1 Å². The van der Waals surface area contributed by atoms with Crippen LogP contribution in [0.4, 0.5) is 11.4 Å². The van der Waals surface area contributed by atoms with Gasteiger partial charge in [-0.2, -0.15) is 0 Å². The molecule has 22 heavy (non-hydrogen) atoms. The van der Waals surface area contributed by atoms with E-state index in [1.54, 1.807) is 7.05 Å². The molecule has 122 valence electrons. The van der Waals surface area contributed by atoms with Gasteiger partial charge < -0.3 is 16.0 Å². The van der Waals surface area contributed by atoms with Crippen molar-refractivity contribution in [3.8, 4) is 0 Å². The lowest BCUT2D eigenvalue weighted by Crippen LogP contribution is -2.35. The number of hydrogen-bond acceptors (Lipinski definition) is 7. The maximum atomic E-state index is 11.4. The molecule has 0 heterocycles. The van der Waals surface area contributed by atoms with Crippen molar-refractivity contribution < 1.29 is 18.1 Å². The molecule has 0 spiro atoms. The summed E-state index contributed by atoms with van der Waals surface area (Å²) in [5, 5.41) is 19.1. The number of carbonyl (C=O) groups is 1. The molecule has 0 aliphatic carbocycles. The molecule has 1 amide bonds. The van der Waals surface area contributed by atoms with Gasteiger partial charge in [0.2, 0.25) is 5.91 Å². The summed E-state index contributed by atoms with van der Waals surface area (Å²) in [6.07, 6.45) is 0.983. The molecule has 0 saturated heterocycles. The minimum Gasteiger partial charge on any atom is -0.378 e. The molecule has 3 N–H and O–H groups in total. The molecule has 0 aromatic heterocycles. The summed E-state index contributed by atoms with van der Waals surface area (Å²) in [5.41, 5.74) is -0.134. The Labute approximate surface area is 128 Å². The predicted molar refractivity (Wildman–Crippen MR) is 81.6 cm³/mol. The number of nitrogens with zero attached hydrogens (tertiary/aromatic N) is 1. The summed E-state index contributed by atoms with van der Waals surface area (Å²) in [4.78, 5) is 21.5. The van der Waals surface area contributed by atoms with Gasteiger partial charge in [0.1, 0.15) is 5.69 Å². The molecule has 0 aliphatic heterocycles. The Kier molecular flexibility index (Phi) is 6.25. The zero-order valence-electron chi connectivity index (χ0n) is 12.3. The van der Waals surface area contributed by atoms with E-state index in [1.807, 2.05) is 0 Å². The van der Waals surface area contributed by atoms with Crippen molar-refractivity contribution in [3.63, 3.8) is 0 Å². The average Bonchev–Trinajstić information content (AvgIpc) is 2.42. The normalized spacial score (nSPS) is 11.0. The van der Waals surface area contributed by atoms with Gasteiger partial charge in [0, 0.05) is 25.4 Å². The Morgan fingerprint density at radius 1 is 1.32 bits per heavy atom. The second-order valence-electron chi connectivity index (χ2n) is 4.52. The molecule has 0 bridgehead atoms. The number of anilines is 1. The van der Waals surface area contributed by atoms with Crippen LogP contribution in [0.2, 0.25) is 0 Å². The third-order valence-corrected chi connectivity index (χ3v) is 3.80. The highest BCUT2D eigenvalue weighted by Crippen LogP contribution is 2.27. The van der Waals surface area contributed by atoms with E-state index >= 15 is 0 Å². The SMILES string of the molecule is CNCC(=O)NCCNc1ccc(S(C)(=O)=O)cc1[N+](=O)[O-]. The summed E-state index contributed by atoms with van der Waals surface area (Å²) in [6.45, 7) is 0.739. The molecule has 0 aliphatic rings. The first-order valence-corrected chi connectivity index (χ1v) is 8.28. The van der Waals surface area contributed by atoms with Gasteiger partial charge in [-0.15, -0.1) is 0 Å². The quantitative estimate of drug-likeness (QED) is 0.340. The molecule has 9 nitrogen and oxygen atoms in total. The fraction of sp³-hybridized carbons (Fsp3) is 0.417. The Morgan fingerprint density at radius 2 is 2.00 bits per heavy atom. The summed E-state index contributed by atoms with van der Waals surface area (Å²) in [6, 6.07) is 3.64. The van der Waals surface area contributed by atoms with Gasteiger partial charge in [-0.05, 0) is 19.2 Å². The van der Waals surface area contributed by atoms with Crippen molar-refractivity contribution in [3.05, 3.63) is 28.3 Å². The van der Waals surface area contributed by atoms with Crippen molar-refractivity contribution in [2.24, 2.45) is 0 Å². The van der Waals surface area contributed by atoms with Crippen LogP contribution in [0.3, 0.4) is 0 Å². The summed E-state index contributed by atoms with van der Waals surface area (Å²) in [5.74, 6) is -0.189. The number of likely N-dealkylation sites (N-methyl/N-ethyl adjacent to an activating group) is 1. The molecule has 0 fully saturated rings. The van der Waals surface area contributed by atoms with Crippen molar-refractivity contribution in [1.82, 2.24) is 10.6 Å². The highest BCUT2D eigenvalue weighted by Gasteiger charge is 2.18. The third-order valence-electron chi connectivity index (χ3n) is 2.69. The number of nitrogens with one attached hydrogen (secondary N) is 3. The van der Waals surface area contributed by atoms with E-state index in [4.69, 9.17) is 0 Å². The van der Waals surface area contributed by atoms with Gasteiger partial charge in [-0.3, -0.25) is 14.9 Å². The Hall–Kier alpha value is -2.20. The zero-order valence-corrected chi connectivity index (χ0v) is 13.1. The van der Waals surface area contributed by atoms with E-state index in [9.17, 15) is 23.3 Å². The highest BCUT2D eigenvalue weighted by molar-refractivity contribution is 7.90. The van der Waals surface area contributed by atoms with Gasteiger partial charge in [-0.1, -0.05) is 0 Å². The minimum absolute atomic E-state index is 0.118. The van der Waals surface area contributed by atoms with Crippen LogP contribution < -0.4 is 16.0 Å². The van der Waals surface area contributed by atoms with E-state index in [1.165, 1.54) is 12.1 Å². The van der Waals surface area contributed by atoms with E-state index in [0.29, 0.717) is 0 Å². The van der Waals surface area contributed by atoms with E-state index in [2.05, 4.69) is 16.0 Å². The van der Waals surface area contributed by atoms with Crippen molar-refractivity contribution in [2.45, 2.75) is 4.90 Å². The Bertz CT molecular complexity index is 659. The second-order valence-corrected chi connectivity index (χ2v) is 6.53. The lowest BCUT2D eigenvalue weighted by molar-refractivity contribution is -0.384. The Balaban J connectivity index is 2.75. The van der Waals surface area contributed by atoms with Crippen molar-refractivity contribution >= 4 is 27.1 Å². The number of hydrogen-bond donors (Lipinski definition) is 3. The summed E-state index contributed by atoms with van der Waals surface area (Å²) >= 11 is 0. The van der Waals surface area contributed by atoms with Gasteiger partial charge in [0.05, 0.1) is 16.4 Å². The first-order valence-electron chi connectivity index (χ1n) is 6.39. The lowest BCUT2D eigenvalue weighted by Gasteiger charge is -2.09. The molecule has 1 rings (SSSR count). The largest absolute Gasteiger partial charge is 0.378 e. The lowest BCUT2D eigenvalue weighted by atomic mass is 10.2. The second kappa shape index (κ2) is 7.71. The first kappa shape index (κ1) is 17.9. The van der Waals surface area contributed by atoms with Crippen LogP contribution in [0.1, 0.15) is 0 Å². The fourth-order valence-corrected chi connectivity index (χ4v) is 2.31. The van der Waals surface area contributed by atoms with Gasteiger partial charge in [-0.25, -0.2) is 8.42 Å². The van der Waals surface area contributed by atoms with Gasteiger partial charge in [0.15, 0.2) is 9.84 Å². The van der Waals surface area contributed by atoms with Crippen LogP contribution >= 0.6 is 0 Å². The fourth-order valence-electron chi connectivity index (χ4n) is 1.66. The van der Waals surface area contributed by atoms with Crippen LogP contribution in [-0.2, 0) is 14.6 Å². The number of carbonyl (C=O) groups excluding carboxylic acids is 1. The zero-order chi connectivity index (χ0) is 16.8. The molecule has 10 heteroatoms. The molecular weight excluding hydrogens is 312 g/mol. The molecule has 0 atom stereocenters. The molecule has 0 saturated carbocycles. The molecule has 1 aromatic carbocycles. The van der Waals surface area contributed by atoms with Crippen LogP contribution in [0, 0.1) is 10.1 Å². The molecular formula is C12H18N4O5S. The maximum absolute atomic E-state index is 11.4. The number of rotatable bonds is 8. The minimum atomic E-state index is -3.51. The van der Waals surface area contributed by atoms with Crippen molar-refractivity contribution in [1.29, 1.82) is 0 Å². The topological polar surface area (TPSA) is 130 Å². The smallest absolute Gasteiger partial charge is 0.293 e. The van der Waals surface area contributed by atoms with Gasteiger partial charge >= 0.3 is 0 Å². The van der Waals surface area contributed by atoms with Gasteiger partial charge in [0.25, 0.3) is 5.69 Å². The molecule has 1 aromatic rings. The summed E-state index contributed by atoms with van der Waals surface area (Å²) in [7, 11) is -1.87. The number of nitro groups is 1. The highest BCUT2D eigenvalue weighted by atomic mass is 32.2. The van der Waals surface area contributed by atoms with Crippen molar-refractivity contribution in [2.75, 3.05) is 38.3 Å². The third kappa shape index (κ3) is 5.30. The monoisotopic (exact) mass is 330 g/mol. The summed E-state index contributed by atoms with van der Waals surface area (Å²) < 4.78 is 22.8. The number of amides is 1. The van der Waals surface area contributed by atoms with Crippen LogP contribution in [0.5, 0.6) is 0 Å². The Morgan fingerprint density at radius 3 is 2.55 bits per heavy atom.